The highest BCUT2D eigenvalue weighted by molar-refractivity contribution is 6.33. The molecule has 0 N–H and O–H groups in total. The van der Waals surface area contributed by atoms with Gasteiger partial charge in [-0.3, -0.25) is 0 Å². The summed E-state index contributed by atoms with van der Waals surface area (Å²) < 4.78 is 8.52. The maximum atomic E-state index is 12.4. The molecule has 0 unspecified atom stereocenters. The fraction of sp³-hybridized carbons (Fsp3) is 0.375. The van der Waals surface area contributed by atoms with Crippen molar-refractivity contribution in [3.05, 3.63) is 46.1 Å². The van der Waals surface area contributed by atoms with Crippen molar-refractivity contribution in [2.24, 2.45) is 0 Å². The molecule has 0 atom stereocenters. The van der Waals surface area contributed by atoms with Crippen molar-refractivity contribution in [1.82, 2.24) is 35.0 Å². The second-order valence-electron chi connectivity index (χ2n) is 5.73. The summed E-state index contributed by atoms with van der Waals surface area (Å²) in [6.07, 6.45) is 0.865. The van der Waals surface area contributed by atoms with Gasteiger partial charge in [-0.05, 0) is 48.9 Å². The lowest BCUT2D eigenvalue weighted by Crippen LogP contribution is -2.14. The number of tetrazole rings is 1. The zero-order valence-corrected chi connectivity index (χ0v) is 15.4. The van der Waals surface area contributed by atoms with Crippen LogP contribution in [0.5, 0.6) is 0 Å². The first-order valence-corrected chi connectivity index (χ1v) is 8.49. The van der Waals surface area contributed by atoms with Gasteiger partial charge >= 0.3 is 5.97 Å². The molecule has 3 rings (SSSR count). The number of aryl methyl sites for hydroxylation is 3. The van der Waals surface area contributed by atoms with Crippen molar-refractivity contribution in [2.75, 3.05) is 0 Å². The summed E-state index contributed by atoms with van der Waals surface area (Å²) in [5, 5.41) is 15.9. The van der Waals surface area contributed by atoms with Crippen LogP contribution >= 0.6 is 11.6 Å². The van der Waals surface area contributed by atoms with E-state index in [-0.39, 0.29) is 17.3 Å². The molecule has 3 heterocycles. The predicted molar refractivity (Wildman–Crippen MR) is 93.1 cm³/mol. The minimum absolute atomic E-state index is 0.0197. The normalized spacial score (nSPS) is 10.9. The second-order valence-corrected chi connectivity index (χ2v) is 6.14. The fourth-order valence-corrected chi connectivity index (χ4v) is 2.65. The highest BCUT2D eigenvalue weighted by Crippen LogP contribution is 2.19. The van der Waals surface area contributed by atoms with E-state index in [0.29, 0.717) is 18.2 Å². The first-order valence-electron chi connectivity index (χ1n) is 8.12. The lowest BCUT2D eigenvalue weighted by Gasteiger charge is -2.08. The molecule has 3 aromatic rings. The number of halogens is 1. The molecular formula is C16H18ClN7O2. The summed E-state index contributed by atoms with van der Waals surface area (Å²) in [5.41, 5.74) is 1.77. The summed E-state index contributed by atoms with van der Waals surface area (Å²) in [6.45, 7) is 6.38. The predicted octanol–water partition coefficient (Wildman–Crippen LogP) is 2.29. The molecule has 0 radical (unpaired) electrons. The molecule has 9 nitrogen and oxygen atoms in total. The highest BCUT2D eigenvalue weighted by atomic mass is 35.5. The van der Waals surface area contributed by atoms with E-state index in [9.17, 15) is 4.79 Å². The molecule has 0 saturated heterocycles. The monoisotopic (exact) mass is 375 g/mol. The number of pyridine rings is 1. The van der Waals surface area contributed by atoms with Gasteiger partial charge in [-0.1, -0.05) is 18.5 Å². The van der Waals surface area contributed by atoms with Gasteiger partial charge in [0.15, 0.2) is 23.9 Å². The number of nitrogens with zero attached hydrogens (tertiary/aromatic N) is 7. The van der Waals surface area contributed by atoms with Crippen LogP contribution in [-0.2, 0) is 17.9 Å². The molecular weight excluding hydrogens is 358 g/mol. The van der Waals surface area contributed by atoms with Crippen LogP contribution in [0.4, 0.5) is 0 Å². The van der Waals surface area contributed by atoms with E-state index in [1.54, 1.807) is 21.5 Å². The molecule has 0 amide bonds. The SMILES string of the molecule is CCCn1nnnc1COC(=O)c1nc(-n2nc(C)cc2C)ccc1Cl. The van der Waals surface area contributed by atoms with Gasteiger partial charge in [-0.25, -0.2) is 19.1 Å². The Kier molecular flexibility index (Phi) is 5.27. The minimum atomic E-state index is -0.649. The van der Waals surface area contributed by atoms with Crippen molar-refractivity contribution < 1.29 is 9.53 Å². The third kappa shape index (κ3) is 3.72. The Morgan fingerprint density at radius 2 is 2.12 bits per heavy atom. The molecule has 0 aromatic carbocycles. The van der Waals surface area contributed by atoms with Crippen LogP contribution in [0.25, 0.3) is 5.82 Å². The topological polar surface area (TPSA) is 101 Å². The molecule has 26 heavy (non-hydrogen) atoms. The average Bonchev–Trinajstić information content (AvgIpc) is 3.19. The molecule has 10 heteroatoms. The molecule has 0 aliphatic rings. The van der Waals surface area contributed by atoms with Crippen LogP contribution < -0.4 is 0 Å². The molecule has 0 saturated carbocycles. The molecule has 136 valence electrons. The lowest BCUT2D eigenvalue weighted by atomic mass is 10.3. The van der Waals surface area contributed by atoms with Crippen molar-refractivity contribution in [3.8, 4) is 5.82 Å². The van der Waals surface area contributed by atoms with Gasteiger partial charge in [0, 0.05) is 12.2 Å². The largest absolute Gasteiger partial charge is 0.453 e. The lowest BCUT2D eigenvalue weighted by molar-refractivity contribution is 0.0449. The molecule has 0 aliphatic heterocycles. The number of ether oxygens (including phenoxy) is 1. The molecule has 0 bridgehead atoms. The van der Waals surface area contributed by atoms with Crippen molar-refractivity contribution in [1.29, 1.82) is 0 Å². The number of aromatic nitrogens is 7. The Labute approximate surface area is 154 Å². The standard InChI is InChI=1S/C16H18ClN7O2/c1-4-7-23-14(19-21-22-23)9-26-16(25)15-12(17)5-6-13(18-15)24-11(3)8-10(2)20-24/h5-6,8H,4,7,9H2,1-3H3. The van der Waals surface area contributed by atoms with Gasteiger partial charge < -0.3 is 4.74 Å². The first kappa shape index (κ1) is 18.0. The quantitative estimate of drug-likeness (QED) is 0.609. The number of carbonyl (C=O) groups excluding carboxylic acids is 1. The van der Waals surface area contributed by atoms with Crippen LogP contribution in [0.2, 0.25) is 5.02 Å². The van der Waals surface area contributed by atoms with E-state index in [4.69, 9.17) is 16.3 Å². The van der Waals surface area contributed by atoms with Crippen LogP contribution in [0.1, 0.15) is 41.0 Å². The molecule has 3 aromatic heterocycles. The van der Waals surface area contributed by atoms with Crippen LogP contribution in [-0.4, -0.2) is 40.9 Å². The van der Waals surface area contributed by atoms with Gasteiger partial charge in [0.05, 0.1) is 10.7 Å². The van der Waals surface area contributed by atoms with E-state index in [1.807, 2.05) is 26.8 Å². The van der Waals surface area contributed by atoms with E-state index < -0.39 is 5.97 Å². The third-order valence-electron chi connectivity index (χ3n) is 3.63. The Hall–Kier alpha value is -2.81. The Morgan fingerprint density at radius 3 is 2.81 bits per heavy atom. The van der Waals surface area contributed by atoms with Gasteiger partial charge in [-0.2, -0.15) is 5.10 Å². The Balaban J connectivity index is 1.79. The zero-order chi connectivity index (χ0) is 18.7. The van der Waals surface area contributed by atoms with Crippen molar-refractivity contribution in [2.45, 2.75) is 40.3 Å². The minimum Gasteiger partial charge on any atom is -0.453 e. The van der Waals surface area contributed by atoms with E-state index in [0.717, 1.165) is 17.8 Å². The van der Waals surface area contributed by atoms with E-state index in [2.05, 4.69) is 25.6 Å². The molecule has 0 fully saturated rings. The van der Waals surface area contributed by atoms with Gasteiger partial charge in [0.25, 0.3) is 0 Å². The van der Waals surface area contributed by atoms with Crippen molar-refractivity contribution in [3.63, 3.8) is 0 Å². The number of carbonyl (C=O) groups is 1. The average molecular weight is 376 g/mol. The summed E-state index contributed by atoms with van der Waals surface area (Å²) >= 11 is 6.13. The van der Waals surface area contributed by atoms with Crippen LogP contribution in [0, 0.1) is 13.8 Å². The van der Waals surface area contributed by atoms with Crippen LogP contribution in [0.3, 0.4) is 0 Å². The van der Waals surface area contributed by atoms with E-state index >= 15 is 0 Å². The number of hydrogen-bond acceptors (Lipinski definition) is 7. The third-order valence-corrected chi connectivity index (χ3v) is 3.93. The Bertz CT molecular complexity index is 935. The number of rotatable bonds is 6. The number of hydrogen-bond donors (Lipinski definition) is 0. The smallest absolute Gasteiger partial charge is 0.359 e. The molecule has 0 spiro atoms. The van der Waals surface area contributed by atoms with Crippen molar-refractivity contribution >= 4 is 17.6 Å². The van der Waals surface area contributed by atoms with Crippen LogP contribution in [0.15, 0.2) is 18.2 Å². The summed E-state index contributed by atoms with van der Waals surface area (Å²) in [5.74, 6) is 0.304. The first-order chi connectivity index (χ1) is 12.5. The van der Waals surface area contributed by atoms with E-state index in [1.165, 1.54) is 0 Å². The number of esters is 1. The highest BCUT2D eigenvalue weighted by Gasteiger charge is 2.18. The summed E-state index contributed by atoms with van der Waals surface area (Å²) in [4.78, 5) is 16.7. The maximum absolute atomic E-state index is 12.4. The zero-order valence-electron chi connectivity index (χ0n) is 14.7. The maximum Gasteiger partial charge on any atom is 0.359 e. The van der Waals surface area contributed by atoms with Gasteiger partial charge in [-0.15, -0.1) is 5.10 Å². The Morgan fingerprint density at radius 1 is 1.31 bits per heavy atom. The molecule has 0 aliphatic carbocycles. The fourth-order valence-electron chi connectivity index (χ4n) is 2.46. The summed E-state index contributed by atoms with van der Waals surface area (Å²) in [6, 6.07) is 5.21. The van der Waals surface area contributed by atoms with Gasteiger partial charge in [0.2, 0.25) is 0 Å². The van der Waals surface area contributed by atoms with Gasteiger partial charge in [0.1, 0.15) is 0 Å². The second kappa shape index (κ2) is 7.61. The summed E-state index contributed by atoms with van der Waals surface area (Å²) in [7, 11) is 0.